The summed E-state index contributed by atoms with van der Waals surface area (Å²) in [5.41, 5.74) is 1.07. The molecule has 0 aliphatic carbocycles. The van der Waals surface area contributed by atoms with Gasteiger partial charge in [-0.25, -0.2) is 17.5 Å². The zero-order valence-corrected chi connectivity index (χ0v) is 15.9. The maximum absolute atomic E-state index is 13.1. The Balaban J connectivity index is 1.77. The Hall–Kier alpha value is -1.74. The van der Waals surface area contributed by atoms with E-state index in [0.717, 1.165) is 44.0 Å². The van der Waals surface area contributed by atoms with Crippen molar-refractivity contribution in [3.63, 3.8) is 0 Å². The maximum Gasteiger partial charge on any atom is 0.240 e. The molecule has 0 radical (unpaired) electrons. The smallest absolute Gasteiger partial charge is 0.240 e. The minimum atomic E-state index is -3.69. The molecule has 2 heterocycles. The predicted molar refractivity (Wildman–Crippen MR) is 98.8 cm³/mol. The van der Waals surface area contributed by atoms with Gasteiger partial charge in [-0.05, 0) is 43.4 Å². The molecular weight excluding hydrogens is 355 g/mol. The SMILES string of the molecule is CN1CCN([C@H](CNS(=O)(=O)c2ccc(F)cc2)c2cccn2C)CC1. The molecule has 142 valence electrons. The van der Waals surface area contributed by atoms with Gasteiger partial charge >= 0.3 is 0 Å². The monoisotopic (exact) mass is 380 g/mol. The first-order valence-electron chi connectivity index (χ1n) is 8.66. The van der Waals surface area contributed by atoms with Crippen molar-refractivity contribution in [1.82, 2.24) is 19.1 Å². The molecule has 1 aromatic heterocycles. The van der Waals surface area contributed by atoms with Gasteiger partial charge < -0.3 is 9.47 Å². The van der Waals surface area contributed by atoms with E-state index in [0.29, 0.717) is 0 Å². The molecule has 0 spiro atoms. The third-order valence-corrected chi connectivity index (χ3v) is 6.33. The molecule has 2 aromatic rings. The van der Waals surface area contributed by atoms with Gasteiger partial charge in [0.25, 0.3) is 0 Å². The number of likely N-dealkylation sites (N-methyl/N-ethyl adjacent to an activating group) is 1. The van der Waals surface area contributed by atoms with Crippen molar-refractivity contribution in [2.45, 2.75) is 10.9 Å². The Morgan fingerprint density at radius 2 is 1.73 bits per heavy atom. The molecule has 3 rings (SSSR count). The van der Waals surface area contributed by atoms with Crippen LogP contribution < -0.4 is 4.72 Å². The maximum atomic E-state index is 13.1. The van der Waals surface area contributed by atoms with E-state index in [1.54, 1.807) is 0 Å². The number of nitrogens with one attached hydrogen (secondary N) is 1. The lowest BCUT2D eigenvalue weighted by Gasteiger charge is -2.38. The summed E-state index contributed by atoms with van der Waals surface area (Å²) < 4.78 is 42.9. The highest BCUT2D eigenvalue weighted by Crippen LogP contribution is 2.22. The Morgan fingerprint density at radius 3 is 2.31 bits per heavy atom. The third-order valence-electron chi connectivity index (χ3n) is 4.89. The van der Waals surface area contributed by atoms with E-state index in [2.05, 4.69) is 21.6 Å². The molecular formula is C18H25FN4O2S. The van der Waals surface area contributed by atoms with E-state index in [1.165, 1.54) is 12.1 Å². The lowest BCUT2D eigenvalue weighted by Crippen LogP contribution is -2.48. The lowest BCUT2D eigenvalue weighted by molar-refractivity contribution is 0.109. The Kier molecular flexibility index (Phi) is 5.76. The van der Waals surface area contributed by atoms with Crippen molar-refractivity contribution < 1.29 is 12.8 Å². The number of halogens is 1. The van der Waals surface area contributed by atoms with Crippen LogP contribution in [0.5, 0.6) is 0 Å². The lowest BCUT2D eigenvalue weighted by atomic mass is 10.1. The minimum Gasteiger partial charge on any atom is -0.353 e. The van der Waals surface area contributed by atoms with Crippen LogP contribution in [0.15, 0.2) is 47.5 Å². The summed E-state index contributed by atoms with van der Waals surface area (Å²) in [5, 5.41) is 0. The quantitative estimate of drug-likeness (QED) is 0.824. The summed E-state index contributed by atoms with van der Waals surface area (Å²) in [5.74, 6) is -0.455. The summed E-state index contributed by atoms with van der Waals surface area (Å²) in [6, 6.07) is 8.81. The Bertz CT molecular complexity index is 827. The second-order valence-corrected chi connectivity index (χ2v) is 8.47. The van der Waals surface area contributed by atoms with Crippen molar-refractivity contribution in [3.8, 4) is 0 Å². The number of hydrogen-bond acceptors (Lipinski definition) is 4. The second-order valence-electron chi connectivity index (χ2n) is 6.70. The fourth-order valence-electron chi connectivity index (χ4n) is 3.26. The predicted octanol–water partition coefficient (Wildman–Crippen LogP) is 1.43. The van der Waals surface area contributed by atoms with Crippen LogP contribution in [0.3, 0.4) is 0 Å². The molecule has 1 N–H and O–H groups in total. The van der Waals surface area contributed by atoms with Gasteiger partial charge in [0.2, 0.25) is 10.0 Å². The first-order chi connectivity index (χ1) is 12.4. The highest BCUT2D eigenvalue weighted by Gasteiger charge is 2.27. The minimum absolute atomic E-state index is 0.0566. The summed E-state index contributed by atoms with van der Waals surface area (Å²) in [7, 11) is 0.366. The van der Waals surface area contributed by atoms with Crippen LogP contribution in [-0.2, 0) is 17.1 Å². The van der Waals surface area contributed by atoms with Gasteiger partial charge in [-0.15, -0.1) is 0 Å². The van der Waals surface area contributed by atoms with E-state index in [1.807, 2.05) is 29.9 Å². The molecule has 1 saturated heterocycles. The van der Waals surface area contributed by atoms with Crippen molar-refractivity contribution >= 4 is 10.0 Å². The molecule has 1 aliphatic rings. The number of aromatic nitrogens is 1. The van der Waals surface area contributed by atoms with Crippen LogP contribution in [0, 0.1) is 5.82 Å². The molecule has 8 heteroatoms. The summed E-state index contributed by atoms with van der Waals surface area (Å²) in [4.78, 5) is 4.65. The van der Waals surface area contributed by atoms with Gasteiger partial charge in [0.05, 0.1) is 10.9 Å². The van der Waals surface area contributed by atoms with E-state index < -0.39 is 15.8 Å². The average Bonchev–Trinajstić information content (AvgIpc) is 3.03. The van der Waals surface area contributed by atoms with E-state index >= 15 is 0 Å². The van der Waals surface area contributed by atoms with Gasteiger partial charge in [-0.3, -0.25) is 4.90 Å². The van der Waals surface area contributed by atoms with Crippen LogP contribution in [0.2, 0.25) is 0 Å². The van der Waals surface area contributed by atoms with Crippen molar-refractivity contribution in [3.05, 3.63) is 54.1 Å². The highest BCUT2D eigenvalue weighted by atomic mass is 32.2. The highest BCUT2D eigenvalue weighted by molar-refractivity contribution is 7.89. The van der Waals surface area contributed by atoms with Gasteiger partial charge in [-0.1, -0.05) is 0 Å². The first kappa shape index (κ1) is 19.0. The number of hydrogen-bond donors (Lipinski definition) is 1. The summed E-state index contributed by atoms with van der Waals surface area (Å²) >= 11 is 0. The zero-order valence-electron chi connectivity index (χ0n) is 15.1. The van der Waals surface area contributed by atoms with E-state index in [4.69, 9.17) is 0 Å². The fraction of sp³-hybridized carbons (Fsp3) is 0.444. The average molecular weight is 380 g/mol. The molecule has 1 fully saturated rings. The zero-order chi connectivity index (χ0) is 18.7. The molecule has 26 heavy (non-hydrogen) atoms. The summed E-state index contributed by atoms with van der Waals surface area (Å²) in [6.07, 6.45) is 1.97. The topological polar surface area (TPSA) is 57.6 Å². The van der Waals surface area contributed by atoms with Crippen molar-refractivity contribution in [2.24, 2.45) is 7.05 Å². The van der Waals surface area contributed by atoms with Crippen LogP contribution in [0.4, 0.5) is 4.39 Å². The van der Waals surface area contributed by atoms with Gasteiger partial charge in [0.1, 0.15) is 5.82 Å². The van der Waals surface area contributed by atoms with Crippen molar-refractivity contribution in [1.29, 1.82) is 0 Å². The molecule has 0 amide bonds. The molecule has 6 nitrogen and oxygen atoms in total. The number of sulfonamides is 1. The molecule has 0 saturated carbocycles. The standard InChI is InChI=1S/C18H25FN4O2S/c1-21-10-12-23(13-11-21)18(17-4-3-9-22(17)2)14-20-26(24,25)16-7-5-15(19)6-8-16/h3-9,18,20H,10-14H2,1-2H3/t18-/m1/s1. The molecule has 0 unspecified atom stereocenters. The molecule has 1 aliphatic heterocycles. The molecule has 0 bridgehead atoms. The summed E-state index contributed by atoms with van der Waals surface area (Å²) in [6.45, 7) is 3.92. The Labute approximate surface area is 154 Å². The van der Waals surface area contributed by atoms with Crippen molar-refractivity contribution in [2.75, 3.05) is 39.8 Å². The molecule has 1 aromatic carbocycles. The van der Waals surface area contributed by atoms with Gasteiger partial charge in [0.15, 0.2) is 0 Å². The number of nitrogens with zero attached hydrogens (tertiary/aromatic N) is 3. The number of aryl methyl sites for hydroxylation is 1. The first-order valence-corrected chi connectivity index (χ1v) is 10.1. The number of piperazine rings is 1. The second kappa shape index (κ2) is 7.87. The van der Waals surface area contributed by atoms with Gasteiger partial charge in [-0.2, -0.15) is 0 Å². The van der Waals surface area contributed by atoms with Crippen LogP contribution in [0.1, 0.15) is 11.7 Å². The number of rotatable bonds is 6. The Morgan fingerprint density at radius 1 is 1.08 bits per heavy atom. The third kappa shape index (κ3) is 4.32. The fourth-order valence-corrected chi connectivity index (χ4v) is 4.30. The van der Waals surface area contributed by atoms with Crippen LogP contribution in [0.25, 0.3) is 0 Å². The molecule has 1 atom stereocenters. The number of benzene rings is 1. The van der Waals surface area contributed by atoms with Gasteiger partial charge in [0, 0.05) is 51.7 Å². The normalized spacial score (nSPS) is 18.1. The van der Waals surface area contributed by atoms with Crippen LogP contribution in [-0.4, -0.2) is 62.6 Å². The largest absolute Gasteiger partial charge is 0.353 e. The van der Waals surface area contributed by atoms with Crippen LogP contribution >= 0.6 is 0 Å². The van der Waals surface area contributed by atoms with E-state index in [9.17, 15) is 12.8 Å². The van der Waals surface area contributed by atoms with E-state index in [-0.39, 0.29) is 17.5 Å².